The molecule has 2 N–H and O–H groups in total. The van der Waals surface area contributed by atoms with Crippen LogP contribution in [0.2, 0.25) is 5.15 Å². The van der Waals surface area contributed by atoms with E-state index in [2.05, 4.69) is 4.98 Å². The molecule has 8 nitrogen and oxygen atoms in total. The fourth-order valence-corrected chi connectivity index (χ4v) is 5.20. The fraction of sp³-hybridized carbons (Fsp3) is 0.381. The monoisotopic (exact) mass is 462 g/mol. The van der Waals surface area contributed by atoms with E-state index in [1.165, 1.54) is 12.3 Å². The van der Waals surface area contributed by atoms with Gasteiger partial charge in [0.15, 0.2) is 9.84 Å². The molecule has 0 radical (unpaired) electrons. The number of pyridine rings is 1. The summed E-state index contributed by atoms with van der Waals surface area (Å²) in [5.74, 6) is -0.398. The van der Waals surface area contributed by atoms with Gasteiger partial charge in [-0.3, -0.25) is 4.79 Å². The SMILES string of the molecule is CS(=O)(=O)c1cc(Cl)ncc1-c1ccc(C2CN(C(=O)N3CC[C@H](C(N)=O)C3)C2)cc1. The predicted octanol–water partition coefficient (Wildman–Crippen LogP) is 2.13. The van der Waals surface area contributed by atoms with E-state index >= 15 is 0 Å². The Balaban J connectivity index is 1.42. The van der Waals surface area contributed by atoms with E-state index in [1.807, 2.05) is 24.3 Å². The summed E-state index contributed by atoms with van der Waals surface area (Å²) in [5.41, 5.74) is 7.65. The van der Waals surface area contributed by atoms with Crippen molar-refractivity contribution in [2.45, 2.75) is 17.2 Å². The minimum absolute atomic E-state index is 0.0540. The van der Waals surface area contributed by atoms with Crippen LogP contribution in [-0.4, -0.2) is 67.6 Å². The molecule has 4 rings (SSSR count). The van der Waals surface area contributed by atoms with Crippen molar-refractivity contribution in [3.63, 3.8) is 0 Å². The van der Waals surface area contributed by atoms with Crippen molar-refractivity contribution in [2.24, 2.45) is 11.7 Å². The van der Waals surface area contributed by atoms with Gasteiger partial charge in [-0.1, -0.05) is 35.9 Å². The number of primary amides is 1. The van der Waals surface area contributed by atoms with Gasteiger partial charge in [0.1, 0.15) is 5.15 Å². The van der Waals surface area contributed by atoms with Crippen LogP contribution in [0, 0.1) is 5.92 Å². The fourth-order valence-electron chi connectivity index (χ4n) is 4.08. The van der Waals surface area contributed by atoms with Crippen LogP contribution in [0.3, 0.4) is 0 Å². The molecule has 1 aromatic heterocycles. The maximum absolute atomic E-state index is 12.6. The zero-order valence-electron chi connectivity index (χ0n) is 17.0. The number of sulfone groups is 1. The lowest BCUT2D eigenvalue weighted by Crippen LogP contribution is -2.53. The molecule has 164 valence electrons. The van der Waals surface area contributed by atoms with E-state index in [4.69, 9.17) is 17.3 Å². The Hall–Kier alpha value is -2.65. The largest absolute Gasteiger partial charge is 0.369 e. The van der Waals surface area contributed by atoms with Crippen molar-refractivity contribution in [3.8, 4) is 11.1 Å². The van der Waals surface area contributed by atoms with Gasteiger partial charge in [-0.2, -0.15) is 0 Å². The molecule has 3 amide bonds. The van der Waals surface area contributed by atoms with Crippen LogP contribution in [0.15, 0.2) is 41.4 Å². The topological polar surface area (TPSA) is 114 Å². The van der Waals surface area contributed by atoms with Gasteiger partial charge in [-0.15, -0.1) is 0 Å². The number of carbonyl (C=O) groups excluding carboxylic acids is 2. The summed E-state index contributed by atoms with van der Waals surface area (Å²) in [5, 5.41) is 0.125. The van der Waals surface area contributed by atoms with E-state index in [0.717, 1.165) is 17.4 Å². The van der Waals surface area contributed by atoms with Gasteiger partial charge in [0, 0.05) is 50.1 Å². The summed E-state index contributed by atoms with van der Waals surface area (Å²) in [6, 6.07) is 8.91. The Morgan fingerprint density at radius 1 is 1.13 bits per heavy atom. The lowest BCUT2D eigenvalue weighted by atomic mass is 9.90. The Kier molecular flexibility index (Phi) is 5.65. The highest BCUT2D eigenvalue weighted by Gasteiger charge is 2.37. The van der Waals surface area contributed by atoms with Crippen LogP contribution in [-0.2, 0) is 14.6 Å². The second-order valence-electron chi connectivity index (χ2n) is 8.12. The minimum Gasteiger partial charge on any atom is -0.369 e. The first-order chi connectivity index (χ1) is 14.6. The van der Waals surface area contributed by atoms with Crippen molar-refractivity contribution in [2.75, 3.05) is 32.4 Å². The third-order valence-corrected chi connectivity index (χ3v) is 7.28. The molecule has 0 spiro atoms. The highest BCUT2D eigenvalue weighted by Crippen LogP contribution is 2.33. The molecule has 10 heteroatoms. The number of halogens is 1. The van der Waals surface area contributed by atoms with Crippen LogP contribution in [0.5, 0.6) is 0 Å². The van der Waals surface area contributed by atoms with E-state index in [-0.39, 0.29) is 33.8 Å². The van der Waals surface area contributed by atoms with E-state index < -0.39 is 9.84 Å². The summed E-state index contributed by atoms with van der Waals surface area (Å²) < 4.78 is 24.2. The first-order valence-corrected chi connectivity index (χ1v) is 12.2. The zero-order chi connectivity index (χ0) is 22.3. The number of carbonyl (C=O) groups is 2. The molecule has 2 aliphatic heterocycles. The molecule has 0 aliphatic carbocycles. The molecule has 0 bridgehead atoms. The second kappa shape index (κ2) is 8.12. The number of hydrogen-bond donors (Lipinski definition) is 1. The molecule has 2 aliphatic rings. The van der Waals surface area contributed by atoms with Gasteiger partial charge in [-0.05, 0) is 23.6 Å². The average molecular weight is 463 g/mol. The minimum atomic E-state index is -3.46. The van der Waals surface area contributed by atoms with Crippen molar-refractivity contribution in [1.82, 2.24) is 14.8 Å². The lowest BCUT2D eigenvalue weighted by molar-refractivity contribution is -0.121. The molecular formula is C21H23ClN4O4S. The summed E-state index contributed by atoms with van der Waals surface area (Å²) in [7, 11) is -3.46. The normalized spacial score (nSPS) is 19.4. The molecule has 1 aromatic carbocycles. The van der Waals surface area contributed by atoms with Crippen LogP contribution in [0.4, 0.5) is 4.79 Å². The number of nitrogens with zero attached hydrogens (tertiary/aromatic N) is 3. The number of amides is 3. The first-order valence-electron chi connectivity index (χ1n) is 9.92. The molecule has 2 saturated heterocycles. The van der Waals surface area contributed by atoms with Gasteiger partial charge in [0.05, 0.1) is 10.8 Å². The van der Waals surface area contributed by atoms with Crippen LogP contribution in [0.25, 0.3) is 11.1 Å². The highest BCUT2D eigenvalue weighted by atomic mass is 35.5. The maximum Gasteiger partial charge on any atom is 0.320 e. The summed E-state index contributed by atoms with van der Waals surface area (Å²) in [6.45, 7) is 2.15. The van der Waals surface area contributed by atoms with Crippen molar-refractivity contribution in [3.05, 3.63) is 47.2 Å². The first kappa shape index (κ1) is 21.6. The molecule has 2 aromatic rings. The van der Waals surface area contributed by atoms with Crippen molar-refractivity contribution in [1.29, 1.82) is 0 Å². The van der Waals surface area contributed by atoms with Gasteiger partial charge in [0.25, 0.3) is 0 Å². The number of aromatic nitrogens is 1. The molecule has 2 fully saturated rings. The highest BCUT2D eigenvalue weighted by molar-refractivity contribution is 7.90. The molecular weight excluding hydrogens is 440 g/mol. The number of hydrogen-bond acceptors (Lipinski definition) is 5. The summed E-state index contributed by atoms with van der Waals surface area (Å²) in [6.07, 6.45) is 3.23. The summed E-state index contributed by atoms with van der Waals surface area (Å²) >= 11 is 5.88. The third kappa shape index (κ3) is 4.38. The van der Waals surface area contributed by atoms with E-state index in [0.29, 0.717) is 38.2 Å². The average Bonchev–Trinajstić information content (AvgIpc) is 3.17. The van der Waals surface area contributed by atoms with Crippen LogP contribution >= 0.6 is 11.6 Å². The maximum atomic E-state index is 12.6. The Bertz CT molecular complexity index is 1130. The molecule has 1 atom stereocenters. The standard InChI is InChI=1S/C21H23ClN4O4S/c1-31(29,30)18-8-19(22)24-9-17(18)14-4-2-13(3-5-14)16-11-26(12-16)21(28)25-7-6-15(10-25)20(23)27/h2-5,8-9,15-16H,6-7,10-12H2,1H3,(H2,23,27)/t15-/m0/s1. The van der Waals surface area contributed by atoms with Crippen LogP contribution < -0.4 is 5.73 Å². The van der Waals surface area contributed by atoms with Gasteiger partial charge in [-0.25, -0.2) is 18.2 Å². The number of benzene rings is 1. The predicted molar refractivity (Wildman–Crippen MR) is 116 cm³/mol. The number of nitrogens with two attached hydrogens (primary N) is 1. The van der Waals surface area contributed by atoms with Gasteiger partial charge >= 0.3 is 6.03 Å². The van der Waals surface area contributed by atoms with Gasteiger partial charge in [0.2, 0.25) is 5.91 Å². The lowest BCUT2D eigenvalue weighted by Gasteiger charge is -2.41. The number of rotatable bonds is 4. The van der Waals surface area contributed by atoms with Crippen LogP contribution in [0.1, 0.15) is 17.9 Å². The molecule has 31 heavy (non-hydrogen) atoms. The Labute approximate surface area is 185 Å². The Morgan fingerprint density at radius 2 is 1.81 bits per heavy atom. The summed E-state index contributed by atoms with van der Waals surface area (Å²) in [4.78, 5) is 31.5. The third-order valence-electron chi connectivity index (χ3n) is 5.94. The molecule has 0 unspecified atom stereocenters. The second-order valence-corrected chi connectivity index (χ2v) is 10.5. The zero-order valence-corrected chi connectivity index (χ0v) is 18.6. The van der Waals surface area contributed by atoms with Crippen molar-refractivity contribution >= 4 is 33.4 Å². The van der Waals surface area contributed by atoms with Crippen molar-refractivity contribution < 1.29 is 18.0 Å². The van der Waals surface area contributed by atoms with E-state index in [9.17, 15) is 18.0 Å². The quantitative estimate of drug-likeness (QED) is 0.699. The molecule has 3 heterocycles. The smallest absolute Gasteiger partial charge is 0.320 e. The number of likely N-dealkylation sites (tertiary alicyclic amines) is 2. The number of urea groups is 1. The molecule has 0 saturated carbocycles. The Morgan fingerprint density at radius 3 is 2.39 bits per heavy atom. The van der Waals surface area contributed by atoms with Gasteiger partial charge < -0.3 is 15.5 Å². The van der Waals surface area contributed by atoms with E-state index in [1.54, 1.807) is 9.80 Å².